The van der Waals surface area contributed by atoms with E-state index in [2.05, 4.69) is 34.3 Å². The molecule has 25 heavy (non-hydrogen) atoms. The van der Waals surface area contributed by atoms with E-state index in [1.165, 1.54) is 0 Å². The molecule has 0 saturated carbocycles. The Morgan fingerprint density at radius 2 is 1.60 bits per heavy atom. The van der Waals surface area contributed by atoms with Crippen LogP contribution in [0.15, 0.2) is 24.3 Å². The molecule has 2 aromatic rings. The second-order valence-corrected chi connectivity index (χ2v) is 5.84. The highest BCUT2D eigenvalue weighted by atomic mass is 16.1. The van der Waals surface area contributed by atoms with Gasteiger partial charge in [0.05, 0.1) is 11.1 Å². The van der Waals surface area contributed by atoms with Crippen molar-refractivity contribution < 1.29 is 9.59 Å². The van der Waals surface area contributed by atoms with Crippen molar-refractivity contribution in [3.8, 4) is 0 Å². The van der Waals surface area contributed by atoms with Gasteiger partial charge >= 0.3 is 0 Å². The van der Waals surface area contributed by atoms with Crippen LogP contribution in [0.2, 0.25) is 0 Å². The van der Waals surface area contributed by atoms with Crippen LogP contribution >= 0.6 is 0 Å². The normalized spacial score (nSPS) is 12.9. The number of likely N-dealkylation sites (N-methyl/N-ethyl adjacent to an activating group) is 1. The first kappa shape index (κ1) is 17.0. The molecule has 0 aliphatic heterocycles. The van der Waals surface area contributed by atoms with E-state index in [1.807, 2.05) is 0 Å². The number of nitrogens with zero attached hydrogens (tertiary/aromatic N) is 3. The maximum Gasteiger partial charge on any atom is 0.198 e. The summed E-state index contributed by atoms with van der Waals surface area (Å²) in [6, 6.07) is 6.74. The zero-order valence-electron chi connectivity index (χ0n) is 14.4. The van der Waals surface area contributed by atoms with Crippen LogP contribution in [0.3, 0.4) is 0 Å². The Bertz CT molecular complexity index is 830. The molecule has 7 heteroatoms. The number of nitrogens with one attached hydrogen (secondary N) is 1. The lowest BCUT2D eigenvalue weighted by Crippen LogP contribution is -2.30. The lowest BCUT2D eigenvalue weighted by Gasteiger charge is -2.22. The third kappa shape index (κ3) is 2.98. The van der Waals surface area contributed by atoms with Gasteiger partial charge in [-0.3, -0.25) is 9.59 Å². The number of benzene rings is 1. The number of anilines is 2. The number of nitrogens with two attached hydrogens (primary N) is 1. The number of hydrogen-bond acceptors (Lipinski definition) is 7. The van der Waals surface area contributed by atoms with E-state index in [9.17, 15) is 9.59 Å². The van der Waals surface area contributed by atoms with E-state index in [4.69, 9.17) is 5.73 Å². The quantitative estimate of drug-likeness (QED) is 0.703. The van der Waals surface area contributed by atoms with Crippen molar-refractivity contribution >= 4 is 23.2 Å². The van der Waals surface area contributed by atoms with Gasteiger partial charge in [-0.05, 0) is 13.1 Å². The summed E-state index contributed by atoms with van der Waals surface area (Å²) in [5, 5.41) is 11.0. The molecule has 1 heterocycles. The Hall–Kier alpha value is -2.80. The fraction of sp³-hybridized carbons (Fsp3) is 0.333. The molecule has 0 spiro atoms. The minimum absolute atomic E-state index is 0.0165. The number of carbonyl (C=O) groups excluding carboxylic acids is 2. The number of nitrogen functional groups attached to an aromatic ring is 1. The molecule has 0 radical (unpaired) electrons. The molecule has 3 N–H and O–H groups in total. The zero-order valence-corrected chi connectivity index (χ0v) is 14.4. The van der Waals surface area contributed by atoms with Gasteiger partial charge in [0.25, 0.3) is 0 Å². The van der Waals surface area contributed by atoms with E-state index in [0.29, 0.717) is 23.5 Å². The van der Waals surface area contributed by atoms with Crippen molar-refractivity contribution in [3.63, 3.8) is 0 Å². The van der Waals surface area contributed by atoms with Gasteiger partial charge in [-0.2, -0.15) is 0 Å². The predicted octanol–water partition coefficient (Wildman–Crippen LogP) is 1.59. The van der Waals surface area contributed by atoms with Gasteiger partial charge < -0.3 is 16.0 Å². The molecule has 1 aromatic heterocycles. The maximum absolute atomic E-state index is 12.9. The second kappa shape index (κ2) is 6.98. The minimum Gasteiger partial charge on any atom is -0.382 e. The molecule has 3 rings (SSSR count). The van der Waals surface area contributed by atoms with Crippen molar-refractivity contribution in [2.75, 3.05) is 37.2 Å². The van der Waals surface area contributed by atoms with Crippen molar-refractivity contribution in [1.29, 1.82) is 0 Å². The highest BCUT2D eigenvalue weighted by molar-refractivity contribution is 6.31. The Morgan fingerprint density at radius 1 is 1.00 bits per heavy atom. The molecule has 0 unspecified atom stereocenters. The summed E-state index contributed by atoms with van der Waals surface area (Å²) in [6.45, 7) is 7.45. The average Bonchev–Trinajstić information content (AvgIpc) is 2.64. The molecular formula is C18H21N5O2. The third-order valence-electron chi connectivity index (χ3n) is 4.49. The fourth-order valence-corrected chi connectivity index (χ4v) is 3.05. The molecule has 1 aliphatic rings. The van der Waals surface area contributed by atoms with Gasteiger partial charge in [-0.15, -0.1) is 10.2 Å². The first-order valence-electron chi connectivity index (χ1n) is 8.39. The zero-order chi connectivity index (χ0) is 18.0. The van der Waals surface area contributed by atoms with Crippen LogP contribution in [0, 0.1) is 0 Å². The lowest BCUT2D eigenvalue weighted by molar-refractivity contribution is 0.0979. The van der Waals surface area contributed by atoms with Crippen LogP contribution in [0.25, 0.3) is 0 Å². The monoisotopic (exact) mass is 339 g/mol. The van der Waals surface area contributed by atoms with Gasteiger partial charge in [0.2, 0.25) is 0 Å². The van der Waals surface area contributed by atoms with E-state index < -0.39 is 0 Å². The molecule has 0 bridgehead atoms. The molecule has 0 saturated heterocycles. The Balaban J connectivity index is 1.96. The fourth-order valence-electron chi connectivity index (χ4n) is 3.05. The first-order chi connectivity index (χ1) is 12.1. The van der Waals surface area contributed by atoms with Crippen molar-refractivity contribution in [3.05, 3.63) is 46.5 Å². The molecule has 130 valence electrons. The van der Waals surface area contributed by atoms with Crippen LogP contribution < -0.4 is 11.1 Å². The van der Waals surface area contributed by atoms with Gasteiger partial charge in [0.15, 0.2) is 23.2 Å². The van der Waals surface area contributed by atoms with Crippen LogP contribution in [0.4, 0.5) is 11.6 Å². The van der Waals surface area contributed by atoms with Crippen molar-refractivity contribution in [1.82, 2.24) is 15.1 Å². The second-order valence-electron chi connectivity index (χ2n) is 5.84. The van der Waals surface area contributed by atoms with Crippen LogP contribution in [-0.2, 0) is 0 Å². The average molecular weight is 339 g/mol. The van der Waals surface area contributed by atoms with Gasteiger partial charge in [-0.1, -0.05) is 38.1 Å². The Kier molecular flexibility index (Phi) is 4.76. The summed E-state index contributed by atoms with van der Waals surface area (Å²) in [4.78, 5) is 27.9. The number of fused-ring (bicyclic) bond motifs is 2. The molecule has 1 aliphatic carbocycles. The van der Waals surface area contributed by atoms with Gasteiger partial charge in [0, 0.05) is 24.2 Å². The van der Waals surface area contributed by atoms with E-state index in [-0.39, 0.29) is 28.5 Å². The first-order valence-corrected chi connectivity index (χ1v) is 8.39. The Morgan fingerprint density at radius 3 is 2.20 bits per heavy atom. The SMILES string of the molecule is CCN(CC)CCNc1nnc(N)c2c1C(=O)c1ccccc1C2=O. The molecule has 0 atom stereocenters. The lowest BCUT2D eigenvalue weighted by atomic mass is 9.84. The van der Waals surface area contributed by atoms with E-state index in [0.717, 1.165) is 19.6 Å². The number of carbonyl (C=O) groups is 2. The molecular weight excluding hydrogens is 318 g/mol. The molecule has 0 amide bonds. The highest BCUT2D eigenvalue weighted by Crippen LogP contribution is 2.32. The van der Waals surface area contributed by atoms with Crippen LogP contribution in [-0.4, -0.2) is 52.8 Å². The number of aromatic nitrogens is 2. The molecule has 1 aromatic carbocycles. The van der Waals surface area contributed by atoms with Crippen molar-refractivity contribution in [2.45, 2.75) is 13.8 Å². The number of rotatable bonds is 6. The molecule has 7 nitrogen and oxygen atoms in total. The van der Waals surface area contributed by atoms with E-state index in [1.54, 1.807) is 24.3 Å². The topological polar surface area (TPSA) is 101 Å². The van der Waals surface area contributed by atoms with E-state index >= 15 is 0 Å². The maximum atomic E-state index is 12.9. The molecule has 0 fully saturated rings. The van der Waals surface area contributed by atoms with Gasteiger partial charge in [-0.25, -0.2) is 0 Å². The van der Waals surface area contributed by atoms with Crippen LogP contribution in [0.1, 0.15) is 45.7 Å². The summed E-state index contributed by atoms with van der Waals surface area (Å²) in [5.41, 5.74) is 6.95. The largest absolute Gasteiger partial charge is 0.382 e. The summed E-state index contributed by atoms with van der Waals surface area (Å²) >= 11 is 0. The summed E-state index contributed by atoms with van der Waals surface area (Å²) < 4.78 is 0. The minimum atomic E-state index is -0.288. The summed E-state index contributed by atoms with van der Waals surface area (Å²) in [7, 11) is 0. The summed E-state index contributed by atoms with van der Waals surface area (Å²) in [5.74, 6) is -0.247. The smallest absolute Gasteiger partial charge is 0.198 e. The van der Waals surface area contributed by atoms with Gasteiger partial charge in [0.1, 0.15) is 0 Å². The summed E-state index contributed by atoms with van der Waals surface area (Å²) in [6.07, 6.45) is 0. The third-order valence-corrected chi connectivity index (χ3v) is 4.49. The number of hydrogen-bond donors (Lipinski definition) is 2. The standard InChI is InChI=1S/C18H21N5O2/c1-3-23(4-2)10-9-20-18-14-13(17(19)21-22-18)15(24)11-7-5-6-8-12(11)16(14)25/h5-8H,3-4,9-10H2,1-2H3,(H2,19,21)(H,20,22). The van der Waals surface area contributed by atoms with Crippen LogP contribution in [0.5, 0.6) is 0 Å². The predicted molar refractivity (Wildman–Crippen MR) is 96.0 cm³/mol. The Labute approximate surface area is 146 Å². The number of ketones is 2. The van der Waals surface area contributed by atoms with Crippen molar-refractivity contribution in [2.24, 2.45) is 0 Å². The highest BCUT2D eigenvalue weighted by Gasteiger charge is 2.34.